The van der Waals surface area contributed by atoms with E-state index in [-0.39, 0.29) is 67.5 Å². The Morgan fingerprint density at radius 3 is 2.19 bits per heavy atom. The van der Waals surface area contributed by atoms with E-state index in [1.54, 1.807) is 0 Å². The zero-order chi connectivity index (χ0) is 10.8. The van der Waals surface area contributed by atoms with Gasteiger partial charge in [-0.2, -0.15) is 8.42 Å². The zero-order valence-electron chi connectivity index (χ0n) is 10.7. The van der Waals surface area contributed by atoms with Crippen LogP contribution in [0.15, 0.2) is 24.3 Å². The molecule has 0 spiro atoms. The Hall–Kier alpha value is 0.400. The largest absolute Gasteiger partial charge is 1.00 e. The normalized spacial score (nSPS) is 9.56. The second-order valence-corrected chi connectivity index (χ2v) is 3.34. The Balaban J connectivity index is -0.000000245. The van der Waals surface area contributed by atoms with Crippen molar-refractivity contribution in [2.75, 3.05) is 0 Å². The molecular formula is C7H8Na2O6S. The quantitative estimate of drug-likeness (QED) is 0.409. The van der Waals surface area contributed by atoms with Gasteiger partial charge in [-0.05, 0) is 12.1 Å². The molecule has 1 aromatic rings. The van der Waals surface area contributed by atoms with E-state index in [1.165, 1.54) is 18.2 Å². The van der Waals surface area contributed by atoms with Crippen LogP contribution in [0.25, 0.3) is 0 Å². The van der Waals surface area contributed by atoms with Crippen LogP contribution in [0.3, 0.4) is 0 Å². The second-order valence-electron chi connectivity index (χ2n) is 2.32. The zero-order valence-corrected chi connectivity index (χ0v) is 13.6. The van der Waals surface area contributed by atoms with Gasteiger partial charge >= 0.3 is 75.5 Å². The average Bonchev–Trinajstić information content (AvgIpc) is 2.01. The number of hydrogen-bond acceptors (Lipinski definition) is 5. The van der Waals surface area contributed by atoms with Gasteiger partial charge in [0, 0.05) is 0 Å². The monoisotopic (exact) mass is 266 g/mol. The number of carbonyl (C=O) groups is 1. The van der Waals surface area contributed by atoms with E-state index in [2.05, 4.69) is 4.18 Å². The van der Waals surface area contributed by atoms with Crippen molar-refractivity contribution in [1.29, 1.82) is 0 Å². The minimum absolute atomic E-state index is 0. The van der Waals surface area contributed by atoms with E-state index < -0.39 is 22.1 Å². The van der Waals surface area contributed by atoms with Crippen LogP contribution in [0.2, 0.25) is 0 Å². The van der Waals surface area contributed by atoms with Crippen LogP contribution < -0.4 is 59.1 Å². The van der Waals surface area contributed by atoms with Crippen LogP contribution in [0.5, 0.6) is 5.75 Å². The Morgan fingerprint density at radius 2 is 1.75 bits per heavy atom. The first kappa shape index (κ1) is 18.8. The first-order valence-electron chi connectivity index (χ1n) is 3.39. The van der Waals surface area contributed by atoms with Crippen molar-refractivity contribution in [1.82, 2.24) is 0 Å². The maximum atomic E-state index is 11.0. The number of phenols is 1. The van der Waals surface area contributed by atoms with Crippen molar-refractivity contribution < 1.29 is 89.0 Å². The minimum atomic E-state index is -4.85. The maximum absolute atomic E-state index is 11.0. The number of aromatic hydroxyl groups is 1. The van der Waals surface area contributed by atoms with Crippen molar-refractivity contribution >= 4 is 16.4 Å². The molecule has 0 radical (unpaired) electrons. The third-order valence-corrected chi connectivity index (χ3v) is 1.67. The molecule has 0 aromatic heterocycles. The summed E-state index contributed by atoms with van der Waals surface area (Å²) < 4.78 is 32.1. The first-order chi connectivity index (χ1) is 6.40. The number of carbonyl (C=O) groups excluding carboxylic acids is 1. The average molecular weight is 266 g/mol. The second kappa shape index (κ2) is 7.67. The molecule has 2 N–H and O–H groups in total. The molecule has 0 fully saturated rings. The molecule has 9 heteroatoms. The summed E-state index contributed by atoms with van der Waals surface area (Å²) in [5.74, 6) is -1.77. The van der Waals surface area contributed by atoms with E-state index in [9.17, 15) is 13.2 Å². The number of benzene rings is 1. The Bertz CT molecular complexity index is 467. The Labute approximate surface area is 139 Å². The molecule has 6 nitrogen and oxygen atoms in total. The van der Waals surface area contributed by atoms with Crippen LogP contribution in [0.1, 0.15) is 13.2 Å². The molecule has 0 unspecified atom stereocenters. The van der Waals surface area contributed by atoms with Crippen molar-refractivity contribution in [3.63, 3.8) is 0 Å². The van der Waals surface area contributed by atoms with Crippen molar-refractivity contribution in [3.05, 3.63) is 29.8 Å². The maximum Gasteiger partial charge on any atom is 1.00 e. The predicted octanol–water partition coefficient (Wildman–Crippen LogP) is -5.42. The molecule has 0 aliphatic carbocycles. The molecule has 1 aromatic carbocycles. The molecule has 0 saturated heterocycles. The molecule has 0 saturated carbocycles. The molecule has 80 valence electrons. The summed E-state index contributed by atoms with van der Waals surface area (Å²) in [6, 6.07) is 5.18. The van der Waals surface area contributed by atoms with Gasteiger partial charge in [0.05, 0.1) is 0 Å². The van der Waals surface area contributed by atoms with E-state index in [1.807, 2.05) is 0 Å². The van der Waals surface area contributed by atoms with Gasteiger partial charge in [0.15, 0.2) is 0 Å². The van der Waals surface area contributed by atoms with Crippen molar-refractivity contribution in [3.8, 4) is 5.75 Å². The predicted molar refractivity (Wildman–Crippen MR) is 47.3 cm³/mol. The molecule has 0 amide bonds. The molecular weight excluding hydrogens is 258 g/mol. The molecule has 0 aliphatic rings. The van der Waals surface area contributed by atoms with E-state index in [0.29, 0.717) is 0 Å². The van der Waals surface area contributed by atoms with Crippen molar-refractivity contribution in [2.24, 2.45) is 0 Å². The molecule has 0 atom stereocenters. The minimum Gasteiger partial charge on any atom is -1.00 e. The summed E-state index contributed by atoms with van der Waals surface area (Å²) in [4.78, 5) is 11.0. The summed E-state index contributed by atoms with van der Waals surface area (Å²) >= 11 is 0. The van der Waals surface area contributed by atoms with Crippen molar-refractivity contribution in [2.45, 2.75) is 0 Å². The van der Waals surface area contributed by atoms with Gasteiger partial charge in [-0.3, -0.25) is 4.55 Å². The van der Waals surface area contributed by atoms with Crippen LogP contribution in [0, 0.1) is 0 Å². The smallest absolute Gasteiger partial charge is 1.00 e. The molecule has 16 heavy (non-hydrogen) atoms. The Kier molecular flexibility index (Phi) is 9.00. The number of phenolic OH excluding ortho intramolecular Hbond substituents is 1. The van der Waals surface area contributed by atoms with E-state index in [4.69, 9.17) is 9.66 Å². The summed E-state index contributed by atoms with van der Waals surface area (Å²) in [6.07, 6.45) is 0. The van der Waals surface area contributed by atoms with Gasteiger partial charge in [0.1, 0.15) is 11.3 Å². The van der Waals surface area contributed by atoms with E-state index >= 15 is 0 Å². The standard InChI is InChI=1S/C7H6O6S.2Na.2H/c8-6-4-2-1-3-5(6)7(9)13-14(10,11)12;;;;/h1-4,8H,(H,10,11,12);;;;/q;2*+1;2*-1. The van der Waals surface area contributed by atoms with Gasteiger partial charge in [-0.1, -0.05) is 12.1 Å². The van der Waals surface area contributed by atoms with E-state index in [0.717, 1.165) is 6.07 Å². The molecule has 0 aliphatic heterocycles. The Morgan fingerprint density at radius 1 is 1.25 bits per heavy atom. The summed E-state index contributed by atoms with van der Waals surface area (Å²) in [5, 5.41) is 9.10. The summed E-state index contributed by atoms with van der Waals surface area (Å²) in [7, 11) is -4.85. The van der Waals surface area contributed by atoms with Gasteiger partial charge in [0.25, 0.3) is 0 Å². The number of hydrogen-bond donors (Lipinski definition) is 2. The molecule has 1 rings (SSSR count). The fourth-order valence-electron chi connectivity index (χ4n) is 0.787. The van der Waals surface area contributed by atoms with Crippen LogP contribution in [-0.4, -0.2) is 24.0 Å². The number of para-hydroxylation sites is 1. The topological polar surface area (TPSA) is 101 Å². The van der Waals surface area contributed by atoms with Crippen LogP contribution in [0.4, 0.5) is 0 Å². The van der Waals surface area contributed by atoms with Gasteiger partial charge in [-0.15, -0.1) is 0 Å². The fraction of sp³-hybridized carbons (Fsp3) is 0. The summed E-state index contributed by atoms with van der Waals surface area (Å²) in [5.41, 5.74) is -0.342. The van der Waals surface area contributed by atoms with Crippen LogP contribution in [-0.2, 0) is 14.6 Å². The van der Waals surface area contributed by atoms with Gasteiger partial charge in [-0.25, -0.2) is 4.79 Å². The SMILES string of the molecule is O=C(OS(=O)(=O)O)c1ccccc1O.[H-].[H-].[Na+].[Na+]. The number of rotatable bonds is 2. The van der Waals surface area contributed by atoms with Gasteiger partial charge < -0.3 is 12.1 Å². The third-order valence-electron chi connectivity index (χ3n) is 1.30. The first-order valence-corrected chi connectivity index (χ1v) is 4.76. The third kappa shape index (κ3) is 6.21. The van der Waals surface area contributed by atoms with Gasteiger partial charge in [0.2, 0.25) is 0 Å². The van der Waals surface area contributed by atoms with Crippen LogP contribution >= 0.6 is 0 Å². The fourth-order valence-corrected chi connectivity index (χ4v) is 1.07. The molecule has 0 bridgehead atoms. The summed E-state index contributed by atoms with van der Waals surface area (Å²) in [6.45, 7) is 0. The molecule has 0 heterocycles.